The summed E-state index contributed by atoms with van der Waals surface area (Å²) in [4.78, 5) is 31.1. The first-order valence-electron chi connectivity index (χ1n) is 11.6. The predicted octanol–water partition coefficient (Wildman–Crippen LogP) is 2.52. The van der Waals surface area contributed by atoms with E-state index in [1.165, 1.54) is 24.2 Å². The Bertz CT molecular complexity index is 1210. The molecule has 1 amide bonds. The van der Waals surface area contributed by atoms with Crippen molar-refractivity contribution in [3.05, 3.63) is 34.1 Å². The number of anilines is 2. The van der Waals surface area contributed by atoms with Crippen LogP contribution in [0.2, 0.25) is 0 Å². The molecule has 0 spiro atoms. The maximum absolute atomic E-state index is 13.2. The Morgan fingerprint density at radius 2 is 2.09 bits per heavy atom. The van der Waals surface area contributed by atoms with E-state index in [0.717, 1.165) is 42.1 Å². The molecule has 10 nitrogen and oxygen atoms in total. The number of fused-ring (bicyclic) bond motifs is 3. The molecule has 0 bridgehead atoms. The zero-order chi connectivity index (χ0) is 24.0. The number of carbonyl (C=O) groups excluding carboxylic acids is 1. The monoisotopic (exact) mass is 481 g/mol. The van der Waals surface area contributed by atoms with E-state index < -0.39 is 0 Å². The molecule has 1 aliphatic carbocycles. The molecule has 11 heteroatoms. The lowest BCUT2D eigenvalue weighted by atomic mass is 9.73. The van der Waals surface area contributed by atoms with Crippen LogP contribution < -0.4 is 11.1 Å². The van der Waals surface area contributed by atoms with E-state index in [1.807, 2.05) is 5.38 Å². The summed E-state index contributed by atoms with van der Waals surface area (Å²) in [6.07, 6.45) is 4.78. The molecule has 180 valence electrons. The van der Waals surface area contributed by atoms with Gasteiger partial charge in [-0.15, -0.1) is 11.3 Å². The number of nitrogens with one attached hydrogen (secondary N) is 2. The quantitative estimate of drug-likeness (QED) is 0.507. The molecule has 34 heavy (non-hydrogen) atoms. The molecule has 0 saturated carbocycles. The van der Waals surface area contributed by atoms with Crippen LogP contribution >= 0.6 is 11.3 Å². The summed E-state index contributed by atoms with van der Waals surface area (Å²) in [5.41, 5.74) is 10.1. The number of rotatable bonds is 5. The number of likely N-dealkylation sites (tertiary alicyclic amines) is 1. The van der Waals surface area contributed by atoms with Gasteiger partial charge in [0.05, 0.1) is 17.1 Å². The number of aromatic nitrogens is 5. The molecule has 0 radical (unpaired) electrons. The van der Waals surface area contributed by atoms with Crippen molar-refractivity contribution in [2.45, 2.75) is 51.1 Å². The Morgan fingerprint density at radius 3 is 2.82 bits per heavy atom. The van der Waals surface area contributed by atoms with Crippen molar-refractivity contribution < 1.29 is 4.79 Å². The normalized spacial score (nSPS) is 18.0. The molecule has 4 N–H and O–H groups in total. The van der Waals surface area contributed by atoms with Crippen molar-refractivity contribution in [3.63, 3.8) is 0 Å². The summed E-state index contributed by atoms with van der Waals surface area (Å²) in [7, 11) is 4.30. The zero-order valence-electron chi connectivity index (χ0n) is 20.1. The van der Waals surface area contributed by atoms with E-state index in [0.29, 0.717) is 29.0 Å². The van der Waals surface area contributed by atoms with Crippen LogP contribution in [0.1, 0.15) is 54.0 Å². The molecule has 1 saturated heterocycles. The lowest BCUT2D eigenvalue weighted by Crippen LogP contribution is -2.41. The summed E-state index contributed by atoms with van der Waals surface area (Å²) < 4.78 is 0. The lowest BCUT2D eigenvalue weighted by molar-refractivity contribution is 0.102. The average molecular weight is 482 g/mol. The molecule has 0 unspecified atom stereocenters. The predicted molar refractivity (Wildman–Crippen MR) is 133 cm³/mol. The summed E-state index contributed by atoms with van der Waals surface area (Å²) >= 11 is 1.44. The minimum absolute atomic E-state index is 0.200. The number of thiazole rings is 1. The van der Waals surface area contributed by atoms with Crippen LogP contribution in [0, 0.1) is 0 Å². The molecule has 2 aliphatic rings. The van der Waals surface area contributed by atoms with Gasteiger partial charge in [0.1, 0.15) is 0 Å². The lowest BCUT2D eigenvalue weighted by Gasteiger charge is -2.34. The second kappa shape index (κ2) is 8.71. The van der Waals surface area contributed by atoms with E-state index in [4.69, 9.17) is 5.73 Å². The van der Waals surface area contributed by atoms with E-state index in [1.54, 1.807) is 6.20 Å². The van der Waals surface area contributed by atoms with Crippen LogP contribution in [0.3, 0.4) is 0 Å². The third-order valence-electron chi connectivity index (χ3n) is 6.86. The number of nitrogens with two attached hydrogens (primary N) is 1. The largest absolute Gasteiger partial charge is 0.368 e. The first-order chi connectivity index (χ1) is 16.2. The topological polar surface area (TPSA) is 129 Å². The van der Waals surface area contributed by atoms with Gasteiger partial charge >= 0.3 is 0 Å². The Kier molecular flexibility index (Phi) is 5.86. The highest BCUT2D eigenvalue weighted by molar-refractivity contribution is 7.14. The van der Waals surface area contributed by atoms with Crippen LogP contribution in [0.25, 0.3) is 11.4 Å². The number of piperidine rings is 1. The molecule has 5 rings (SSSR count). The van der Waals surface area contributed by atoms with Gasteiger partial charge in [-0.1, -0.05) is 13.8 Å². The van der Waals surface area contributed by atoms with Crippen molar-refractivity contribution in [2.75, 3.05) is 38.2 Å². The highest BCUT2D eigenvalue weighted by atomic mass is 32.1. The number of hydrogen-bond acceptors (Lipinski definition) is 9. The summed E-state index contributed by atoms with van der Waals surface area (Å²) in [6.45, 7) is 7.12. The fourth-order valence-electron chi connectivity index (χ4n) is 5.08. The van der Waals surface area contributed by atoms with Gasteiger partial charge in [-0.2, -0.15) is 5.10 Å². The fourth-order valence-corrected chi connectivity index (χ4v) is 5.78. The SMILES string of the molecule is CN(C)C1CCN(Cc2csc(NC(=O)c3n[nH]c4c3C(C)(C)Cc3cnc(N)nc3-4)n2)CC1. The van der Waals surface area contributed by atoms with Gasteiger partial charge in [-0.3, -0.25) is 20.1 Å². The number of nitrogen functional groups attached to an aromatic ring is 1. The van der Waals surface area contributed by atoms with E-state index in [2.05, 4.69) is 68.2 Å². The van der Waals surface area contributed by atoms with Crippen LogP contribution in [-0.2, 0) is 18.4 Å². The summed E-state index contributed by atoms with van der Waals surface area (Å²) in [6, 6.07) is 0.653. The highest BCUT2D eigenvalue weighted by Gasteiger charge is 2.38. The van der Waals surface area contributed by atoms with E-state index >= 15 is 0 Å². The van der Waals surface area contributed by atoms with Gasteiger partial charge in [0, 0.05) is 42.8 Å². The second-order valence-corrected chi connectivity index (χ2v) is 10.9. The van der Waals surface area contributed by atoms with Gasteiger partial charge in [0.25, 0.3) is 5.91 Å². The van der Waals surface area contributed by atoms with Crippen molar-refractivity contribution in [2.24, 2.45) is 0 Å². The molecular formula is C23H31N9OS. The third kappa shape index (κ3) is 4.30. The maximum Gasteiger partial charge on any atom is 0.278 e. The molecule has 4 heterocycles. The number of nitrogens with zero attached hydrogens (tertiary/aromatic N) is 6. The average Bonchev–Trinajstić information content (AvgIpc) is 3.42. The van der Waals surface area contributed by atoms with Crippen LogP contribution in [0.15, 0.2) is 11.6 Å². The van der Waals surface area contributed by atoms with Crippen molar-refractivity contribution in [3.8, 4) is 11.4 Å². The Balaban J connectivity index is 1.30. The molecule has 0 atom stereocenters. The zero-order valence-corrected chi connectivity index (χ0v) is 20.9. The molecule has 0 aromatic carbocycles. The molecular weight excluding hydrogens is 450 g/mol. The summed E-state index contributed by atoms with van der Waals surface area (Å²) in [5.74, 6) is -0.0741. The number of amides is 1. The first-order valence-corrected chi connectivity index (χ1v) is 12.4. The van der Waals surface area contributed by atoms with Gasteiger partial charge in [0.15, 0.2) is 10.8 Å². The molecule has 1 aliphatic heterocycles. The van der Waals surface area contributed by atoms with Gasteiger partial charge < -0.3 is 10.6 Å². The Morgan fingerprint density at radius 1 is 1.32 bits per heavy atom. The first kappa shape index (κ1) is 22.9. The van der Waals surface area contributed by atoms with Crippen LogP contribution in [0.4, 0.5) is 11.1 Å². The standard InChI is InChI=1S/C23H31N9OS/c1-23(2)9-13-10-25-21(24)27-17(13)18-16(23)19(30-29-18)20(33)28-22-26-14(12-34-22)11-32-7-5-15(6-8-32)31(3)4/h10,12,15H,5-9,11H2,1-4H3,(H,29,30)(H2,24,25,27)(H,26,28,33). The second-order valence-electron chi connectivity index (χ2n) is 10.1. The molecule has 1 fully saturated rings. The van der Waals surface area contributed by atoms with Crippen molar-refractivity contribution in [1.29, 1.82) is 0 Å². The van der Waals surface area contributed by atoms with Crippen LogP contribution in [0.5, 0.6) is 0 Å². The number of carbonyl (C=O) groups is 1. The maximum atomic E-state index is 13.2. The fraction of sp³-hybridized carbons (Fsp3) is 0.522. The minimum Gasteiger partial charge on any atom is -0.368 e. The van der Waals surface area contributed by atoms with Gasteiger partial charge in [0.2, 0.25) is 5.95 Å². The number of aromatic amines is 1. The van der Waals surface area contributed by atoms with Gasteiger partial charge in [-0.05, 0) is 44.3 Å². The summed E-state index contributed by atoms with van der Waals surface area (Å²) in [5, 5.41) is 12.9. The van der Waals surface area contributed by atoms with Crippen molar-refractivity contribution in [1.82, 2.24) is 34.9 Å². The number of hydrogen-bond donors (Lipinski definition) is 3. The van der Waals surface area contributed by atoms with E-state index in [9.17, 15) is 4.79 Å². The smallest absolute Gasteiger partial charge is 0.278 e. The Hall–Kier alpha value is -2.89. The van der Waals surface area contributed by atoms with Gasteiger partial charge in [-0.25, -0.2) is 15.0 Å². The van der Waals surface area contributed by atoms with Crippen LogP contribution in [-0.4, -0.2) is 74.1 Å². The third-order valence-corrected chi connectivity index (χ3v) is 7.66. The minimum atomic E-state index is -0.311. The van der Waals surface area contributed by atoms with E-state index in [-0.39, 0.29) is 17.3 Å². The highest BCUT2D eigenvalue weighted by Crippen LogP contribution is 2.42. The molecule has 3 aromatic heterocycles. The Labute approximate surface area is 203 Å². The number of H-pyrrole nitrogens is 1. The molecule has 3 aromatic rings. The van der Waals surface area contributed by atoms with Crippen molar-refractivity contribution >= 4 is 28.3 Å².